The lowest BCUT2D eigenvalue weighted by Crippen LogP contribution is -2.26. The zero-order valence-electron chi connectivity index (χ0n) is 13.7. The van der Waals surface area contributed by atoms with Crippen molar-refractivity contribution >= 4 is 21.5 Å². The van der Waals surface area contributed by atoms with Gasteiger partial charge in [0.1, 0.15) is 0 Å². The molecule has 4 aromatic rings. The van der Waals surface area contributed by atoms with Crippen molar-refractivity contribution < 1.29 is 0 Å². The maximum atomic E-state index is 3.63. The number of nitrogens with one attached hydrogen (secondary N) is 3. The molecule has 3 heteroatoms. The molecule has 1 heterocycles. The monoisotopic (exact) mass is 325 g/mol. The molecular formula is C22H19N3. The summed E-state index contributed by atoms with van der Waals surface area (Å²) >= 11 is 0. The molecular weight excluding hydrogens is 306 g/mol. The van der Waals surface area contributed by atoms with Gasteiger partial charge < -0.3 is 0 Å². The van der Waals surface area contributed by atoms with Crippen LogP contribution in [0.4, 0.5) is 0 Å². The normalized spacial score (nSPS) is 20.3. The first kappa shape index (κ1) is 14.6. The van der Waals surface area contributed by atoms with E-state index in [0.717, 1.165) is 0 Å². The zero-order valence-corrected chi connectivity index (χ0v) is 13.7. The maximum absolute atomic E-state index is 3.63. The van der Waals surface area contributed by atoms with Crippen LogP contribution < -0.4 is 16.2 Å². The van der Waals surface area contributed by atoms with Gasteiger partial charge in [-0.2, -0.15) is 0 Å². The molecule has 0 aromatic heterocycles. The largest absolute Gasteiger partial charge is 0.277 e. The topological polar surface area (TPSA) is 36.1 Å². The highest BCUT2D eigenvalue weighted by atomic mass is 15.5. The van der Waals surface area contributed by atoms with Gasteiger partial charge in [-0.05, 0) is 44.8 Å². The Bertz CT molecular complexity index is 972. The summed E-state index contributed by atoms with van der Waals surface area (Å²) in [4.78, 5) is 0. The zero-order chi connectivity index (χ0) is 16.6. The summed E-state index contributed by atoms with van der Waals surface area (Å²) in [5, 5.41) is 8.69. The number of hydrazine groups is 1. The molecule has 1 aliphatic heterocycles. The fraction of sp³-hybridized carbons (Fsp3) is 0.0909. The minimum atomic E-state index is 0.0843. The van der Waals surface area contributed by atoms with Crippen molar-refractivity contribution in [3.63, 3.8) is 0 Å². The quantitative estimate of drug-likeness (QED) is 0.512. The van der Waals surface area contributed by atoms with E-state index in [1.807, 2.05) is 0 Å². The van der Waals surface area contributed by atoms with Gasteiger partial charge in [0.15, 0.2) is 0 Å². The second kappa shape index (κ2) is 5.97. The van der Waals surface area contributed by atoms with Gasteiger partial charge in [-0.3, -0.25) is 5.32 Å². The lowest BCUT2D eigenvalue weighted by atomic mass is 10.0. The van der Waals surface area contributed by atoms with Crippen LogP contribution >= 0.6 is 0 Å². The molecule has 25 heavy (non-hydrogen) atoms. The van der Waals surface area contributed by atoms with Crippen molar-refractivity contribution in [3.05, 3.63) is 96.1 Å². The van der Waals surface area contributed by atoms with Gasteiger partial charge in [-0.25, -0.2) is 10.9 Å². The van der Waals surface area contributed by atoms with E-state index in [1.165, 1.54) is 32.7 Å². The number of fused-ring (bicyclic) bond motifs is 2. The number of hydrogen-bond acceptors (Lipinski definition) is 3. The Morgan fingerprint density at radius 1 is 0.480 bits per heavy atom. The highest BCUT2D eigenvalue weighted by molar-refractivity contribution is 5.84. The second-order valence-corrected chi connectivity index (χ2v) is 6.53. The fourth-order valence-electron chi connectivity index (χ4n) is 3.55. The van der Waals surface area contributed by atoms with Gasteiger partial charge in [-0.15, -0.1) is 0 Å². The number of benzene rings is 4. The summed E-state index contributed by atoms with van der Waals surface area (Å²) < 4.78 is 0. The Morgan fingerprint density at radius 2 is 0.920 bits per heavy atom. The van der Waals surface area contributed by atoms with E-state index in [4.69, 9.17) is 0 Å². The molecule has 0 radical (unpaired) electrons. The van der Waals surface area contributed by atoms with Crippen molar-refractivity contribution in [2.75, 3.05) is 0 Å². The van der Waals surface area contributed by atoms with E-state index in [2.05, 4.69) is 101 Å². The van der Waals surface area contributed by atoms with Crippen LogP contribution in [-0.4, -0.2) is 0 Å². The van der Waals surface area contributed by atoms with Crippen LogP contribution in [0.1, 0.15) is 23.5 Å². The van der Waals surface area contributed by atoms with Gasteiger partial charge >= 0.3 is 0 Å². The molecule has 122 valence electrons. The summed E-state index contributed by atoms with van der Waals surface area (Å²) in [6, 6.07) is 30.1. The second-order valence-electron chi connectivity index (χ2n) is 6.53. The molecule has 2 atom stereocenters. The minimum absolute atomic E-state index is 0.0843. The first-order valence-corrected chi connectivity index (χ1v) is 8.61. The van der Waals surface area contributed by atoms with Crippen LogP contribution in [0.5, 0.6) is 0 Å². The highest BCUT2D eigenvalue weighted by Gasteiger charge is 2.25. The lowest BCUT2D eigenvalue weighted by Gasteiger charge is -2.14. The first-order valence-electron chi connectivity index (χ1n) is 8.61. The van der Waals surface area contributed by atoms with E-state index in [1.54, 1.807) is 0 Å². The molecule has 3 nitrogen and oxygen atoms in total. The van der Waals surface area contributed by atoms with Crippen LogP contribution in [0.25, 0.3) is 21.5 Å². The number of rotatable bonds is 2. The molecule has 3 N–H and O–H groups in total. The van der Waals surface area contributed by atoms with Crippen molar-refractivity contribution in [1.29, 1.82) is 0 Å². The fourth-order valence-corrected chi connectivity index (χ4v) is 3.55. The summed E-state index contributed by atoms with van der Waals surface area (Å²) in [5.41, 5.74) is 9.21. The molecule has 0 amide bonds. The number of hydrogen-bond donors (Lipinski definition) is 3. The average molecular weight is 325 g/mol. The Morgan fingerprint density at radius 3 is 1.40 bits per heavy atom. The molecule has 0 saturated carbocycles. The Hall–Kier alpha value is -2.72. The predicted molar refractivity (Wildman–Crippen MR) is 103 cm³/mol. The molecule has 0 bridgehead atoms. The molecule has 1 saturated heterocycles. The third-order valence-electron chi connectivity index (χ3n) is 4.92. The van der Waals surface area contributed by atoms with Crippen molar-refractivity contribution in [2.45, 2.75) is 12.3 Å². The van der Waals surface area contributed by atoms with Crippen molar-refractivity contribution in [2.24, 2.45) is 0 Å². The third-order valence-corrected chi connectivity index (χ3v) is 4.92. The third kappa shape index (κ3) is 2.68. The first-order chi connectivity index (χ1) is 12.4. The minimum Gasteiger partial charge on any atom is -0.277 e. The van der Waals surface area contributed by atoms with Gasteiger partial charge in [0.2, 0.25) is 0 Å². The van der Waals surface area contributed by atoms with Crippen LogP contribution in [0.15, 0.2) is 84.9 Å². The summed E-state index contributed by atoms with van der Waals surface area (Å²) in [7, 11) is 0. The van der Waals surface area contributed by atoms with Crippen LogP contribution in [-0.2, 0) is 0 Å². The Balaban J connectivity index is 1.42. The predicted octanol–water partition coefficient (Wildman–Crippen LogP) is 4.39. The van der Waals surface area contributed by atoms with E-state index in [-0.39, 0.29) is 12.3 Å². The Kier molecular flexibility index (Phi) is 3.49. The van der Waals surface area contributed by atoms with E-state index >= 15 is 0 Å². The average Bonchev–Trinajstić information content (AvgIpc) is 3.17. The van der Waals surface area contributed by atoms with Crippen molar-refractivity contribution in [1.82, 2.24) is 16.2 Å². The van der Waals surface area contributed by atoms with Crippen LogP contribution in [0.3, 0.4) is 0 Å². The summed E-state index contributed by atoms with van der Waals surface area (Å²) in [5.74, 6) is 0. The molecule has 0 spiro atoms. The SMILES string of the molecule is c1ccc2cc(C3NNC(c4ccc5ccccc5c4)N3)ccc2c1. The lowest BCUT2D eigenvalue weighted by molar-refractivity contribution is 0.555. The smallest absolute Gasteiger partial charge is 0.0978 e. The molecule has 1 aliphatic rings. The van der Waals surface area contributed by atoms with Gasteiger partial charge in [0, 0.05) is 0 Å². The molecule has 2 unspecified atom stereocenters. The summed E-state index contributed by atoms with van der Waals surface area (Å²) in [6.07, 6.45) is 0.169. The molecule has 5 rings (SSSR count). The molecule has 4 aromatic carbocycles. The highest BCUT2D eigenvalue weighted by Crippen LogP contribution is 2.26. The summed E-state index contributed by atoms with van der Waals surface area (Å²) in [6.45, 7) is 0. The van der Waals surface area contributed by atoms with E-state index in [0.29, 0.717) is 0 Å². The van der Waals surface area contributed by atoms with Gasteiger partial charge in [0.05, 0.1) is 12.3 Å². The van der Waals surface area contributed by atoms with E-state index in [9.17, 15) is 0 Å². The van der Waals surface area contributed by atoms with Crippen molar-refractivity contribution in [3.8, 4) is 0 Å². The molecule has 1 fully saturated rings. The standard InChI is InChI=1S/C22H19N3/c1-3-7-17-13-19(11-9-15(17)5-1)21-23-22(25-24-21)20-12-10-16-6-2-4-8-18(16)14-20/h1-14,21-25H. The van der Waals surface area contributed by atoms with Crippen LogP contribution in [0.2, 0.25) is 0 Å². The Labute approximate surface area is 146 Å². The maximum Gasteiger partial charge on any atom is 0.0978 e. The van der Waals surface area contributed by atoms with Gasteiger partial charge in [0.25, 0.3) is 0 Å². The molecule has 0 aliphatic carbocycles. The van der Waals surface area contributed by atoms with E-state index < -0.39 is 0 Å². The van der Waals surface area contributed by atoms with Gasteiger partial charge in [-0.1, -0.05) is 72.8 Å². The van der Waals surface area contributed by atoms with Crippen LogP contribution in [0, 0.1) is 0 Å².